The van der Waals surface area contributed by atoms with Crippen LogP contribution in [0.1, 0.15) is 19.3 Å². The zero-order chi connectivity index (χ0) is 14.2. The third-order valence-electron chi connectivity index (χ3n) is 4.28. The van der Waals surface area contributed by atoms with Gasteiger partial charge >= 0.3 is 5.97 Å². The number of carbonyl (C=O) groups excluding carboxylic acids is 1. The molecule has 2 aliphatic heterocycles. The van der Waals surface area contributed by atoms with Gasteiger partial charge in [0.25, 0.3) is 0 Å². The van der Waals surface area contributed by atoms with Gasteiger partial charge in [-0.2, -0.15) is 0 Å². The summed E-state index contributed by atoms with van der Waals surface area (Å²) < 4.78 is 12.2. The van der Waals surface area contributed by atoms with E-state index in [1.807, 2.05) is 24.3 Å². The van der Waals surface area contributed by atoms with Crippen LogP contribution in [0.15, 0.2) is 24.3 Å². The number of fused-ring (bicyclic) bond motifs is 1. The summed E-state index contributed by atoms with van der Waals surface area (Å²) >= 11 is 2.27. The molecule has 3 rings (SSSR count). The lowest BCUT2D eigenvalue weighted by Crippen LogP contribution is -2.46. The number of halogens is 1. The number of nitrogens with zero attached hydrogens (tertiary/aromatic N) is 1. The Bertz CT molecular complexity index is 522. The standard InChI is InChI=1S/C15H18INO3/c1-19-14(18)15-6-3-7-17(15)10-13(9-15)20-12-5-2-4-11(16)8-12/h2,4-5,8,13H,3,6-7,9-10H2,1H3/t13-,15-/m1/s1. The summed E-state index contributed by atoms with van der Waals surface area (Å²) in [5, 5.41) is 0. The number of carbonyl (C=O) groups is 1. The molecule has 2 fully saturated rings. The maximum Gasteiger partial charge on any atom is 0.326 e. The van der Waals surface area contributed by atoms with Gasteiger partial charge in [0.05, 0.1) is 7.11 Å². The SMILES string of the molecule is COC(=O)[C@]12CCCN1C[C@H](Oc1cccc(I)c1)C2. The first-order valence-corrected chi connectivity index (χ1v) is 7.98. The Balaban J connectivity index is 1.74. The van der Waals surface area contributed by atoms with E-state index in [0.717, 1.165) is 41.7 Å². The maximum absolute atomic E-state index is 12.1. The van der Waals surface area contributed by atoms with E-state index in [4.69, 9.17) is 9.47 Å². The molecule has 2 heterocycles. The molecule has 0 saturated carbocycles. The lowest BCUT2D eigenvalue weighted by atomic mass is 9.93. The highest BCUT2D eigenvalue weighted by Gasteiger charge is 2.55. The van der Waals surface area contributed by atoms with Crippen LogP contribution in [-0.4, -0.2) is 42.7 Å². The Labute approximate surface area is 132 Å². The van der Waals surface area contributed by atoms with Crippen LogP contribution in [0.5, 0.6) is 5.75 Å². The number of esters is 1. The minimum atomic E-state index is -0.443. The third-order valence-corrected chi connectivity index (χ3v) is 4.95. The Morgan fingerprint density at radius 1 is 1.50 bits per heavy atom. The second kappa shape index (κ2) is 5.52. The second-order valence-corrected chi connectivity index (χ2v) is 6.72. The van der Waals surface area contributed by atoms with Crippen molar-refractivity contribution in [2.75, 3.05) is 20.2 Å². The third kappa shape index (κ3) is 2.41. The number of methoxy groups -OCH3 is 1. The Kier molecular flexibility index (Phi) is 3.90. The molecular formula is C15H18INO3. The van der Waals surface area contributed by atoms with Gasteiger partial charge in [-0.1, -0.05) is 6.07 Å². The van der Waals surface area contributed by atoms with E-state index >= 15 is 0 Å². The summed E-state index contributed by atoms with van der Waals surface area (Å²) in [5.41, 5.74) is -0.443. The highest BCUT2D eigenvalue weighted by molar-refractivity contribution is 14.1. The molecule has 0 amide bonds. The van der Waals surface area contributed by atoms with Gasteiger partial charge in [0.2, 0.25) is 0 Å². The molecule has 1 aromatic carbocycles. The molecule has 0 aromatic heterocycles. The van der Waals surface area contributed by atoms with Gasteiger partial charge in [-0.3, -0.25) is 9.69 Å². The van der Waals surface area contributed by atoms with Crippen LogP contribution in [0.2, 0.25) is 0 Å². The van der Waals surface area contributed by atoms with Crippen LogP contribution in [0.3, 0.4) is 0 Å². The fourth-order valence-electron chi connectivity index (χ4n) is 3.43. The van der Waals surface area contributed by atoms with Crippen LogP contribution in [0, 0.1) is 3.57 Å². The van der Waals surface area contributed by atoms with Crippen molar-refractivity contribution < 1.29 is 14.3 Å². The van der Waals surface area contributed by atoms with Crippen LogP contribution >= 0.6 is 22.6 Å². The molecule has 0 radical (unpaired) electrons. The number of hydrogen-bond donors (Lipinski definition) is 0. The molecule has 108 valence electrons. The summed E-state index contributed by atoms with van der Waals surface area (Å²) in [7, 11) is 1.47. The van der Waals surface area contributed by atoms with Gasteiger partial charge in [0.15, 0.2) is 0 Å². The van der Waals surface area contributed by atoms with E-state index in [2.05, 4.69) is 27.5 Å². The molecule has 2 saturated heterocycles. The molecule has 4 nitrogen and oxygen atoms in total. The molecule has 20 heavy (non-hydrogen) atoms. The van der Waals surface area contributed by atoms with E-state index in [0.29, 0.717) is 0 Å². The van der Waals surface area contributed by atoms with Crippen molar-refractivity contribution in [1.82, 2.24) is 4.90 Å². The Morgan fingerprint density at radius 3 is 3.10 bits per heavy atom. The maximum atomic E-state index is 12.1. The van der Waals surface area contributed by atoms with E-state index in [-0.39, 0.29) is 12.1 Å². The highest BCUT2D eigenvalue weighted by atomic mass is 127. The summed E-state index contributed by atoms with van der Waals surface area (Å²) in [4.78, 5) is 14.4. The van der Waals surface area contributed by atoms with Crippen molar-refractivity contribution in [3.8, 4) is 5.75 Å². The second-order valence-electron chi connectivity index (χ2n) is 5.47. The number of hydrogen-bond acceptors (Lipinski definition) is 4. The van der Waals surface area contributed by atoms with Crippen molar-refractivity contribution in [3.05, 3.63) is 27.8 Å². The zero-order valence-electron chi connectivity index (χ0n) is 11.5. The van der Waals surface area contributed by atoms with E-state index in [1.165, 1.54) is 7.11 Å². The predicted molar refractivity (Wildman–Crippen MR) is 83.7 cm³/mol. The monoisotopic (exact) mass is 387 g/mol. The van der Waals surface area contributed by atoms with E-state index < -0.39 is 5.54 Å². The first-order chi connectivity index (χ1) is 9.64. The minimum Gasteiger partial charge on any atom is -0.489 e. The zero-order valence-corrected chi connectivity index (χ0v) is 13.6. The average Bonchev–Trinajstić information content (AvgIpc) is 2.95. The smallest absolute Gasteiger partial charge is 0.326 e. The number of rotatable bonds is 3. The van der Waals surface area contributed by atoms with Crippen molar-refractivity contribution >= 4 is 28.6 Å². The van der Waals surface area contributed by atoms with Crippen LogP contribution in [-0.2, 0) is 9.53 Å². The quantitative estimate of drug-likeness (QED) is 0.590. The van der Waals surface area contributed by atoms with Crippen LogP contribution in [0.25, 0.3) is 0 Å². The minimum absolute atomic E-state index is 0.0626. The lowest BCUT2D eigenvalue weighted by molar-refractivity contribution is -0.151. The summed E-state index contributed by atoms with van der Waals surface area (Å²) in [5.74, 6) is 0.770. The van der Waals surface area contributed by atoms with E-state index in [9.17, 15) is 4.79 Å². The van der Waals surface area contributed by atoms with Gasteiger partial charge in [-0.25, -0.2) is 0 Å². The molecule has 0 N–H and O–H groups in total. The predicted octanol–water partition coefficient (Wildman–Crippen LogP) is 2.45. The topological polar surface area (TPSA) is 38.8 Å². The molecule has 5 heteroatoms. The molecule has 0 aliphatic carbocycles. The molecule has 2 aliphatic rings. The fourth-order valence-corrected chi connectivity index (χ4v) is 3.95. The van der Waals surface area contributed by atoms with Crippen LogP contribution < -0.4 is 4.74 Å². The number of ether oxygens (including phenoxy) is 2. The average molecular weight is 387 g/mol. The van der Waals surface area contributed by atoms with Crippen molar-refractivity contribution in [1.29, 1.82) is 0 Å². The Hall–Kier alpha value is -0.820. The van der Waals surface area contributed by atoms with Crippen LogP contribution in [0.4, 0.5) is 0 Å². The van der Waals surface area contributed by atoms with Crippen molar-refractivity contribution in [2.45, 2.75) is 30.9 Å². The van der Waals surface area contributed by atoms with Gasteiger partial charge in [-0.15, -0.1) is 0 Å². The first kappa shape index (κ1) is 14.1. The molecule has 0 unspecified atom stereocenters. The molecule has 0 spiro atoms. The normalized spacial score (nSPS) is 29.2. The fraction of sp³-hybridized carbons (Fsp3) is 0.533. The molecule has 0 bridgehead atoms. The summed E-state index contributed by atoms with van der Waals surface area (Å²) in [6, 6.07) is 8.02. The largest absolute Gasteiger partial charge is 0.489 e. The van der Waals surface area contributed by atoms with E-state index in [1.54, 1.807) is 0 Å². The van der Waals surface area contributed by atoms with Crippen molar-refractivity contribution in [3.63, 3.8) is 0 Å². The molecule has 2 atom stereocenters. The van der Waals surface area contributed by atoms with Crippen molar-refractivity contribution in [2.24, 2.45) is 0 Å². The van der Waals surface area contributed by atoms with Gasteiger partial charge in [0, 0.05) is 16.5 Å². The van der Waals surface area contributed by atoms with Gasteiger partial charge in [-0.05, 0) is 60.2 Å². The van der Waals surface area contributed by atoms with Gasteiger partial charge in [0.1, 0.15) is 17.4 Å². The molecule has 1 aromatic rings. The first-order valence-electron chi connectivity index (χ1n) is 6.90. The highest BCUT2D eigenvalue weighted by Crippen LogP contribution is 2.41. The molecular weight excluding hydrogens is 369 g/mol. The summed E-state index contributed by atoms with van der Waals surface area (Å²) in [6.45, 7) is 1.77. The number of benzene rings is 1. The summed E-state index contributed by atoms with van der Waals surface area (Å²) in [6.07, 6.45) is 2.73. The Morgan fingerprint density at radius 2 is 2.35 bits per heavy atom. The van der Waals surface area contributed by atoms with Gasteiger partial charge < -0.3 is 9.47 Å². The lowest BCUT2D eigenvalue weighted by Gasteiger charge is -2.27.